The maximum Gasteiger partial charge on any atom is 0.195 e. The smallest absolute Gasteiger partial charge is 0.195 e. The Morgan fingerprint density at radius 1 is 1.38 bits per heavy atom. The monoisotopic (exact) mass is 304 g/mol. The molecule has 2 aromatic rings. The van der Waals surface area contributed by atoms with Crippen LogP contribution in [-0.2, 0) is 6.42 Å². The molecular weight excluding hydrogens is 280 g/mol. The van der Waals surface area contributed by atoms with Crippen molar-refractivity contribution in [2.45, 2.75) is 57.5 Å². The first-order chi connectivity index (χ1) is 10.2. The van der Waals surface area contributed by atoms with Crippen LogP contribution in [0.3, 0.4) is 0 Å². The van der Waals surface area contributed by atoms with Gasteiger partial charge >= 0.3 is 0 Å². The molecule has 1 saturated heterocycles. The van der Waals surface area contributed by atoms with Gasteiger partial charge < -0.3 is 10.6 Å². The second-order valence-electron chi connectivity index (χ2n) is 6.71. The van der Waals surface area contributed by atoms with Gasteiger partial charge in [0.2, 0.25) is 0 Å². The molecule has 0 aromatic carbocycles. The van der Waals surface area contributed by atoms with Gasteiger partial charge in [-0.3, -0.25) is 4.40 Å². The van der Waals surface area contributed by atoms with E-state index < -0.39 is 0 Å². The van der Waals surface area contributed by atoms with Crippen LogP contribution in [0, 0.1) is 5.92 Å². The number of thiazole rings is 1. The minimum Gasteiger partial charge on any atom is -0.352 e. The number of nitrogens with zero attached hydrogens (tertiary/aromatic N) is 3. The van der Waals surface area contributed by atoms with Crippen molar-refractivity contribution < 1.29 is 0 Å². The lowest BCUT2D eigenvalue weighted by Gasteiger charge is -2.38. The second kappa shape index (κ2) is 5.29. The van der Waals surface area contributed by atoms with Crippen LogP contribution < -0.4 is 10.6 Å². The number of hydrogen-bond donors (Lipinski definition) is 1. The average molecular weight is 304 g/mol. The fourth-order valence-corrected chi connectivity index (χ4v) is 4.99. The predicted molar refractivity (Wildman–Crippen MR) is 88.1 cm³/mol. The zero-order chi connectivity index (χ0) is 14.4. The summed E-state index contributed by atoms with van der Waals surface area (Å²) in [5, 5.41) is 2.12. The molecule has 0 radical (unpaired) electrons. The Bertz CT molecular complexity index is 629. The number of rotatable bonds is 3. The number of anilines is 1. The van der Waals surface area contributed by atoms with Gasteiger partial charge in [-0.2, -0.15) is 0 Å². The van der Waals surface area contributed by atoms with Gasteiger partial charge in [0, 0.05) is 36.6 Å². The molecule has 3 unspecified atom stereocenters. The van der Waals surface area contributed by atoms with E-state index in [2.05, 4.69) is 27.8 Å². The first kappa shape index (κ1) is 13.6. The molecule has 21 heavy (non-hydrogen) atoms. The molecule has 1 saturated carbocycles. The van der Waals surface area contributed by atoms with Crippen LogP contribution in [0.4, 0.5) is 5.82 Å². The molecule has 114 valence electrons. The Balaban J connectivity index is 1.76. The second-order valence-corrected chi connectivity index (χ2v) is 7.59. The van der Waals surface area contributed by atoms with Crippen LogP contribution >= 0.6 is 11.3 Å². The molecule has 5 heteroatoms. The summed E-state index contributed by atoms with van der Waals surface area (Å²) < 4.78 is 2.25. The van der Waals surface area contributed by atoms with Crippen molar-refractivity contribution in [1.29, 1.82) is 0 Å². The Hall–Kier alpha value is -1.07. The van der Waals surface area contributed by atoms with Crippen molar-refractivity contribution in [1.82, 2.24) is 9.38 Å². The van der Waals surface area contributed by atoms with Crippen molar-refractivity contribution in [2.24, 2.45) is 11.7 Å². The van der Waals surface area contributed by atoms with Crippen LogP contribution in [0.5, 0.6) is 0 Å². The summed E-state index contributed by atoms with van der Waals surface area (Å²) in [4.78, 5) is 8.68. The van der Waals surface area contributed by atoms with E-state index in [0.717, 1.165) is 29.9 Å². The number of piperidine rings is 1. The number of nitrogens with two attached hydrogens (primary N) is 1. The third-order valence-corrected chi connectivity index (χ3v) is 5.88. The van der Waals surface area contributed by atoms with E-state index in [4.69, 9.17) is 10.7 Å². The fraction of sp³-hybridized carbons (Fsp3) is 0.688. The molecule has 0 amide bonds. The number of aromatic nitrogens is 2. The van der Waals surface area contributed by atoms with Crippen molar-refractivity contribution >= 4 is 22.1 Å². The first-order valence-electron chi connectivity index (χ1n) is 8.20. The minimum atomic E-state index is 0.174. The lowest BCUT2D eigenvalue weighted by molar-refractivity contribution is 0.360. The number of imidazole rings is 1. The summed E-state index contributed by atoms with van der Waals surface area (Å²) in [5.41, 5.74) is 7.41. The summed E-state index contributed by atoms with van der Waals surface area (Å²) in [6.45, 7) is 3.25. The summed E-state index contributed by atoms with van der Waals surface area (Å²) in [5.74, 6) is 2.11. The molecular formula is C16H24N4S. The van der Waals surface area contributed by atoms with E-state index in [1.807, 2.05) is 0 Å². The fourth-order valence-electron chi connectivity index (χ4n) is 4.26. The van der Waals surface area contributed by atoms with E-state index in [0.29, 0.717) is 0 Å². The summed E-state index contributed by atoms with van der Waals surface area (Å²) in [6, 6.07) is 0.892. The van der Waals surface area contributed by atoms with Gasteiger partial charge in [-0.25, -0.2) is 4.98 Å². The van der Waals surface area contributed by atoms with Gasteiger partial charge in [0.1, 0.15) is 0 Å². The zero-order valence-electron chi connectivity index (χ0n) is 12.7. The average Bonchev–Trinajstić information content (AvgIpc) is 3.14. The number of hydrogen-bond acceptors (Lipinski definition) is 4. The normalized spacial score (nSPS) is 27.2. The van der Waals surface area contributed by atoms with Gasteiger partial charge in [0.15, 0.2) is 10.8 Å². The van der Waals surface area contributed by atoms with Crippen LogP contribution in [0.15, 0.2) is 11.6 Å². The SMILES string of the molecule is CC(N)Cc1c(N2CCCC3CCCC32)nc2sccn12. The van der Waals surface area contributed by atoms with E-state index in [1.54, 1.807) is 11.3 Å². The standard InChI is InChI=1S/C16H24N4S/c1-11(17)10-14-15(18-16-20(14)8-9-21-16)19-7-3-5-12-4-2-6-13(12)19/h8-9,11-13H,2-7,10,17H2,1H3. The lowest BCUT2D eigenvalue weighted by Crippen LogP contribution is -2.43. The van der Waals surface area contributed by atoms with Gasteiger partial charge in [-0.15, -0.1) is 11.3 Å². The van der Waals surface area contributed by atoms with Crippen LogP contribution in [0.25, 0.3) is 4.96 Å². The van der Waals surface area contributed by atoms with Crippen molar-refractivity contribution in [2.75, 3.05) is 11.4 Å². The summed E-state index contributed by atoms with van der Waals surface area (Å²) in [7, 11) is 0. The topological polar surface area (TPSA) is 46.6 Å². The Labute approximate surface area is 130 Å². The van der Waals surface area contributed by atoms with E-state index in [9.17, 15) is 0 Å². The van der Waals surface area contributed by atoms with E-state index >= 15 is 0 Å². The molecule has 2 aromatic heterocycles. The highest BCUT2D eigenvalue weighted by Gasteiger charge is 2.37. The van der Waals surface area contributed by atoms with Crippen LogP contribution in [-0.4, -0.2) is 28.0 Å². The zero-order valence-corrected chi connectivity index (χ0v) is 13.5. The Morgan fingerprint density at radius 2 is 2.24 bits per heavy atom. The molecule has 0 spiro atoms. The molecule has 1 aliphatic carbocycles. The Morgan fingerprint density at radius 3 is 3.10 bits per heavy atom. The highest BCUT2D eigenvalue weighted by atomic mass is 32.1. The van der Waals surface area contributed by atoms with Gasteiger partial charge in [0.05, 0.1) is 5.69 Å². The Kier molecular flexibility index (Phi) is 3.42. The molecule has 3 heterocycles. The molecule has 1 aliphatic heterocycles. The van der Waals surface area contributed by atoms with Crippen LogP contribution in [0.1, 0.15) is 44.7 Å². The van der Waals surface area contributed by atoms with Gasteiger partial charge in [-0.05, 0) is 38.5 Å². The number of fused-ring (bicyclic) bond motifs is 2. The first-order valence-corrected chi connectivity index (χ1v) is 9.08. The lowest BCUT2D eigenvalue weighted by atomic mass is 9.92. The maximum absolute atomic E-state index is 6.09. The van der Waals surface area contributed by atoms with Gasteiger partial charge in [0.25, 0.3) is 0 Å². The highest BCUT2D eigenvalue weighted by molar-refractivity contribution is 7.15. The third kappa shape index (κ3) is 2.27. The molecule has 3 atom stereocenters. The summed E-state index contributed by atoms with van der Waals surface area (Å²) >= 11 is 1.72. The third-order valence-electron chi connectivity index (χ3n) is 5.12. The highest BCUT2D eigenvalue weighted by Crippen LogP contribution is 2.40. The molecule has 4 nitrogen and oxygen atoms in total. The molecule has 2 aliphatic rings. The van der Waals surface area contributed by atoms with Crippen molar-refractivity contribution in [3.05, 3.63) is 17.3 Å². The molecule has 0 bridgehead atoms. The van der Waals surface area contributed by atoms with Crippen molar-refractivity contribution in [3.8, 4) is 0 Å². The quantitative estimate of drug-likeness (QED) is 0.948. The minimum absolute atomic E-state index is 0.174. The summed E-state index contributed by atoms with van der Waals surface area (Å²) in [6.07, 6.45) is 9.90. The van der Waals surface area contributed by atoms with E-state index in [1.165, 1.54) is 43.6 Å². The maximum atomic E-state index is 6.09. The van der Waals surface area contributed by atoms with Crippen LogP contribution in [0.2, 0.25) is 0 Å². The molecule has 2 fully saturated rings. The largest absolute Gasteiger partial charge is 0.352 e. The van der Waals surface area contributed by atoms with Gasteiger partial charge in [-0.1, -0.05) is 6.42 Å². The van der Waals surface area contributed by atoms with E-state index in [-0.39, 0.29) is 6.04 Å². The molecule has 4 rings (SSSR count). The predicted octanol–water partition coefficient (Wildman–Crippen LogP) is 3.05. The molecule has 2 N–H and O–H groups in total. The van der Waals surface area contributed by atoms with Crippen molar-refractivity contribution in [3.63, 3.8) is 0 Å².